The Morgan fingerprint density at radius 2 is 2.00 bits per heavy atom. The van der Waals surface area contributed by atoms with Gasteiger partial charge in [-0.1, -0.05) is 12.1 Å². The molecule has 0 atom stereocenters. The molecule has 0 spiro atoms. The van der Waals surface area contributed by atoms with Gasteiger partial charge in [0.25, 0.3) is 0 Å². The maximum Gasteiger partial charge on any atom is 0.189 e. The zero-order chi connectivity index (χ0) is 13.9. The zero-order valence-corrected chi connectivity index (χ0v) is 11.1. The lowest BCUT2D eigenvalue weighted by Gasteiger charge is -2.10. The molecule has 2 aromatic heterocycles. The van der Waals surface area contributed by atoms with Gasteiger partial charge in [0.15, 0.2) is 5.43 Å². The van der Waals surface area contributed by atoms with Gasteiger partial charge in [0.1, 0.15) is 5.82 Å². The van der Waals surface area contributed by atoms with Crippen LogP contribution in [0.4, 0.5) is 5.82 Å². The van der Waals surface area contributed by atoms with E-state index in [0.29, 0.717) is 6.54 Å². The second kappa shape index (κ2) is 5.13. The third-order valence-corrected chi connectivity index (χ3v) is 3.18. The number of nitrogens with one attached hydrogen (secondary N) is 1. The van der Waals surface area contributed by atoms with Crippen molar-refractivity contribution in [2.24, 2.45) is 0 Å². The van der Waals surface area contributed by atoms with Gasteiger partial charge < -0.3 is 9.88 Å². The molecular weight excluding hydrogens is 252 g/mol. The summed E-state index contributed by atoms with van der Waals surface area (Å²) in [6.07, 6.45) is 5.22. The zero-order valence-electron chi connectivity index (χ0n) is 11.1. The topological polar surface area (TPSA) is 59.8 Å². The summed E-state index contributed by atoms with van der Waals surface area (Å²) in [5.74, 6) is 0.735. The molecule has 0 unspecified atom stereocenters. The highest BCUT2D eigenvalue weighted by Gasteiger charge is 2.03. The van der Waals surface area contributed by atoms with Crippen molar-refractivity contribution in [3.05, 3.63) is 64.8 Å². The molecule has 20 heavy (non-hydrogen) atoms. The minimum Gasteiger partial charge on any atom is -0.372 e. The molecule has 1 aromatic carbocycles. The molecular formula is C15H14N4O. The first-order chi connectivity index (χ1) is 9.78. The molecule has 0 aliphatic heterocycles. The minimum absolute atomic E-state index is 0.0356. The van der Waals surface area contributed by atoms with E-state index in [0.717, 1.165) is 22.4 Å². The number of anilines is 1. The molecule has 0 bridgehead atoms. The van der Waals surface area contributed by atoms with Crippen molar-refractivity contribution in [2.45, 2.75) is 6.54 Å². The lowest BCUT2D eigenvalue weighted by Crippen LogP contribution is -2.09. The number of hydrogen-bond donors (Lipinski definition) is 1. The van der Waals surface area contributed by atoms with E-state index in [9.17, 15) is 4.79 Å². The third-order valence-electron chi connectivity index (χ3n) is 3.18. The Morgan fingerprint density at radius 1 is 1.15 bits per heavy atom. The lowest BCUT2D eigenvalue weighted by molar-refractivity contribution is 0.791. The van der Waals surface area contributed by atoms with Crippen molar-refractivity contribution in [3.8, 4) is 0 Å². The summed E-state index contributed by atoms with van der Waals surface area (Å²) in [5.41, 5.74) is 1.78. The summed E-state index contributed by atoms with van der Waals surface area (Å²) in [4.78, 5) is 20.4. The van der Waals surface area contributed by atoms with E-state index in [-0.39, 0.29) is 5.43 Å². The van der Waals surface area contributed by atoms with Crippen molar-refractivity contribution in [2.75, 3.05) is 12.4 Å². The summed E-state index contributed by atoms with van der Waals surface area (Å²) in [6.45, 7) is 0.581. The molecule has 5 heteroatoms. The van der Waals surface area contributed by atoms with Gasteiger partial charge in [-0.25, -0.2) is 4.98 Å². The predicted octanol–water partition coefficient (Wildman–Crippen LogP) is 1.88. The second-order valence-corrected chi connectivity index (χ2v) is 4.47. The molecule has 0 fully saturated rings. The Balaban J connectivity index is 2.02. The van der Waals surface area contributed by atoms with E-state index < -0.39 is 0 Å². The van der Waals surface area contributed by atoms with Crippen molar-refractivity contribution >= 4 is 16.7 Å². The first-order valence-corrected chi connectivity index (χ1v) is 6.35. The number of pyridine rings is 1. The van der Waals surface area contributed by atoms with Gasteiger partial charge in [0.2, 0.25) is 0 Å². The first-order valence-electron chi connectivity index (χ1n) is 6.35. The molecule has 0 aliphatic carbocycles. The summed E-state index contributed by atoms with van der Waals surface area (Å²) in [7, 11) is 1.80. The molecule has 1 N–H and O–H groups in total. The van der Waals surface area contributed by atoms with E-state index in [4.69, 9.17) is 0 Å². The number of benzene rings is 1. The molecule has 0 aliphatic rings. The highest BCUT2D eigenvalue weighted by atomic mass is 16.1. The summed E-state index contributed by atoms with van der Waals surface area (Å²) >= 11 is 0. The molecule has 0 saturated carbocycles. The van der Waals surface area contributed by atoms with Crippen LogP contribution in [0.2, 0.25) is 0 Å². The molecule has 0 amide bonds. The fourth-order valence-corrected chi connectivity index (χ4v) is 2.14. The van der Waals surface area contributed by atoms with Gasteiger partial charge in [-0.3, -0.25) is 9.78 Å². The minimum atomic E-state index is 0.0356. The average molecular weight is 266 g/mol. The Morgan fingerprint density at radius 3 is 2.75 bits per heavy atom. The van der Waals surface area contributed by atoms with Crippen LogP contribution >= 0.6 is 0 Å². The smallest absolute Gasteiger partial charge is 0.189 e. The Hall–Kier alpha value is -2.69. The van der Waals surface area contributed by atoms with E-state index in [1.165, 1.54) is 0 Å². The van der Waals surface area contributed by atoms with Crippen LogP contribution in [0.5, 0.6) is 0 Å². The van der Waals surface area contributed by atoms with Crippen LogP contribution in [-0.2, 0) is 6.54 Å². The number of hydrogen-bond acceptors (Lipinski definition) is 4. The van der Waals surface area contributed by atoms with Crippen molar-refractivity contribution in [1.82, 2.24) is 14.5 Å². The van der Waals surface area contributed by atoms with E-state index in [1.807, 2.05) is 28.8 Å². The number of aromatic nitrogens is 3. The van der Waals surface area contributed by atoms with Crippen molar-refractivity contribution < 1.29 is 0 Å². The SMILES string of the molecule is CNc1cnc(Cn2ccc(=O)c3ccccc32)cn1. The summed E-state index contributed by atoms with van der Waals surface area (Å²) in [5, 5.41) is 3.65. The van der Waals surface area contributed by atoms with Crippen LogP contribution in [0.3, 0.4) is 0 Å². The summed E-state index contributed by atoms with van der Waals surface area (Å²) in [6, 6.07) is 9.15. The normalized spacial score (nSPS) is 10.7. The lowest BCUT2D eigenvalue weighted by atomic mass is 10.2. The van der Waals surface area contributed by atoms with Crippen LogP contribution in [0.25, 0.3) is 10.9 Å². The van der Waals surface area contributed by atoms with Gasteiger partial charge in [-0.05, 0) is 12.1 Å². The molecule has 0 radical (unpaired) electrons. The van der Waals surface area contributed by atoms with Crippen LogP contribution in [0.15, 0.2) is 53.7 Å². The van der Waals surface area contributed by atoms with Crippen LogP contribution in [-0.4, -0.2) is 21.6 Å². The van der Waals surface area contributed by atoms with Gasteiger partial charge >= 0.3 is 0 Å². The third kappa shape index (κ3) is 2.25. The number of fused-ring (bicyclic) bond motifs is 1. The number of nitrogens with zero attached hydrogens (tertiary/aromatic N) is 3. The van der Waals surface area contributed by atoms with Gasteiger partial charge in [0, 0.05) is 24.7 Å². The second-order valence-electron chi connectivity index (χ2n) is 4.47. The maximum absolute atomic E-state index is 11.8. The largest absolute Gasteiger partial charge is 0.372 e. The Kier molecular flexibility index (Phi) is 3.16. The average Bonchev–Trinajstić information content (AvgIpc) is 2.51. The highest BCUT2D eigenvalue weighted by molar-refractivity contribution is 5.78. The molecule has 5 nitrogen and oxygen atoms in total. The van der Waals surface area contributed by atoms with Gasteiger partial charge in [-0.15, -0.1) is 0 Å². The van der Waals surface area contributed by atoms with Crippen LogP contribution in [0, 0.1) is 0 Å². The predicted molar refractivity (Wildman–Crippen MR) is 78.9 cm³/mol. The first kappa shape index (κ1) is 12.3. The monoisotopic (exact) mass is 266 g/mol. The fraction of sp³-hybridized carbons (Fsp3) is 0.133. The Bertz CT molecular complexity index is 793. The molecule has 100 valence electrons. The quantitative estimate of drug-likeness (QED) is 0.786. The molecule has 3 rings (SSSR count). The summed E-state index contributed by atoms with van der Waals surface area (Å²) < 4.78 is 2.00. The van der Waals surface area contributed by atoms with Crippen LogP contribution < -0.4 is 10.7 Å². The number of rotatable bonds is 3. The van der Waals surface area contributed by atoms with Gasteiger partial charge in [-0.2, -0.15) is 0 Å². The van der Waals surface area contributed by atoms with E-state index in [1.54, 1.807) is 31.7 Å². The van der Waals surface area contributed by atoms with E-state index in [2.05, 4.69) is 15.3 Å². The highest BCUT2D eigenvalue weighted by Crippen LogP contribution is 2.11. The number of para-hydroxylation sites is 1. The molecule has 0 saturated heterocycles. The van der Waals surface area contributed by atoms with Crippen molar-refractivity contribution in [1.29, 1.82) is 0 Å². The van der Waals surface area contributed by atoms with Crippen molar-refractivity contribution in [3.63, 3.8) is 0 Å². The molecule has 2 heterocycles. The van der Waals surface area contributed by atoms with Crippen LogP contribution in [0.1, 0.15) is 5.69 Å². The van der Waals surface area contributed by atoms with E-state index >= 15 is 0 Å². The standard InChI is InChI=1S/C15H14N4O/c1-16-15-9-17-11(8-18-15)10-19-7-6-14(20)12-4-2-3-5-13(12)19/h2-9H,10H2,1H3,(H,16,18). The fourth-order valence-electron chi connectivity index (χ4n) is 2.14. The Labute approximate surface area is 115 Å². The molecule has 3 aromatic rings. The maximum atomic E-state index is 11.8. The van der Waals surface area contributed by atoms with Gasteiger partial charge in [0.05, 0.1) is 30.1 Å².